The number of rotatable bonds is 5. The number of aryl methyl sites for hydroxylation is 1. The highest BCUT2D eigenvalue weighted by Gasteiger charge is 2.34. The van der Waals surface area contributed by atoms with Crippen LogP contribution in [0.1, 0.15) is 31.7 Å². The second-order valence-corrected chi connectivity index (χ2v) is 10.1. The van der Waals surface area contributed by atoms with Crippen molar-refractivity contribution in [2.45, 2.75) is 44.1 Å². The van der Waals surface area contributed by atoms with E-state index in [-0.39, 0.29) is 35.7 Å². The molecule has 2 heterocycles. The van der Waals surface area contributed by atoms with Gasteiger partial charge >= 0.3 is 0 Å². The molecule has 0 radical (unpaired) electrons. The van der Waals surface area contributed by atoms with Gasteiger partial charge in [0.05, 0.1) is 10.6 Å². The van der Waals surface area contributed by atoms with Crippen LogP contribution in [0.4, 0.5) is 11.4 Å². The van der Waals surface area contributed by atoms with E-state index in [0.717, 1.165) is 11.3 Å². The quantitative estimate of drug-likeness (QED) is 0.718. The second kappa shape index (κ2) is 8.91. The fourth-order valence-electron chi connectivity index (χ4n) is 4.01. The standard InChI is InChI=1S/C23H27N3O5S/c1-3-20-23(28)25-19-14-17(8-9-21(19)31-20)32(29,30)26-12-10-16(11-13-26)22(27)24-18-7-5-4-6-15(18)2/h4-9,14,16,20H,3,10-13H2,1-2H3,(H,24,27)(H,25,28)/t20-/m0/s1. The predicted octanol–water partition coefficient (Wildman–Crippen LogP) is 3.14. The molecule has 0 bridgehead atoms. The molecule has 2 N–H and O–H groups in total. The molecule has 0 spiro atoms. The summed E-state index contributed by atoms with van der Waals surface area (Å²) in [6.07, 6.45) is 0.840. The van der Waals surface area contributed by atoms with Gasteiger partial charge in [-0.05, 0) is 56.0 Å². The third-order valence-electron chi connectivity index (χ3n) is 6.01. The lowest BCUT2D eigenvalue weighted by atomic mass is 9.97. The van der Waals surface area contributed by atoms with Crippen molar-refractivity contribution < 1.29 is 22.7 Å². The summed E-state index contributed by atoms with van der Waals surface area (Å²) < 4.78 is 33.4. The lowest BCUT2D eigenvalue weighted by Crippen LogP contribution is -2.41. The fraction of sp³-hybridized carbons (Fsp3) is 0.391. The van der Waals surface area contributed by atoms with E-state index in [1.54, 1.807) is 6.07 Å². The van der Waals surface area contributed by atoms with E-state index in [4.69, 9.17) is 4.74 Å². The minimum atomic E-state index is -3.75. The zero-order valence-corrected chi connectivity index (χ0v) is 18.9. The lowest BCUT2D eigenvalue weighted by molar-refractivity contribution is -0.123. The van der Waals surface area contributed by atoms with Gasteiger partial charge in [-0.1, -0.05) is 25.1 Å². The number of fused-ring (bicyclic) bond motifs is 1. The van der Waals surface area contributed by atoms with E-state index in [2.05, 4.69) is 10.6 Å². The van der Waals surface area contributed by atoms with E-state index in [1.165, 1.54) is 16.4 Å². The van der Waals surface area contributed by atoms with Crippen LogP contribution in [-0.4, -0.2) is 43.7 Å². The van der Waals surface area contributed by atoms with Crippen molar-refractivity contribution in [1.29, 1.82) is 0 Å². The molecule has 4 rings (SSSR count). The zero-order chi connectivity index (χ0) is 22.9. The Morgan fingerprint density at radius 1 is 1.19 bits per heavy atom. The molecule has 2 aromatic carbocycles. The molecule has 170 valence electrons. The number of ether oxygens (including phenoxy) is 1. The Kier molecular flexibility index (Phi) is 6.21. The van der Waals surface area contributed by atoms with E-state index in [9.17, 15) is 18.0 Å². The topological polar surface area (TPSA) is 105 Å². The molecule has 1 atom stereocenters. The maximum Gasteiger partial charge on any atom is 0.265 e. The molecule has 2 amide bonds. The summed E-state index contributed by atoms with van der Waals surface area (Å²) in [5.41, 5.74) is 2.11. The highest BCUT2D eigenvalue weighted by molar-refractivity contribution is 7.89. The van der Waals surface area contributed by atoms with Crippen LogP contribution in [0.15, 0.2) is 47.4 Å². The van der Waals surface area contributed by atoms with Crippen LogP contribution in [-0.2, 0) is 19.6 Å². The van der Waals surface area contributed by atoms with Gasteiger partial charge in [0.25, 0.3) is 5.91 Å². The number of sulfonamides is 1. The minimum absolute atomic E-state index is 0.0875. The van der Waals surface area contributed by atoms with Crippen molar-refractivity contribution in [1.82, 2.24) is 4.31 Å². The Labute approximate surface area is 188 Å². The molecular weight excluding hydrogens is 430 g/mol. The Morgan fingerprint density at radius 2 is 1.91 bits per heavy atom. The van der Waals surface area contributed by atoms with E-state index < -0.39 is 16.1 Å². The van der Waals surface area contributed by atoms with E-state index in [1.807, 2.05) is 38.1 Å². The van der Waals surface area contributed by atoms with Crippen molar-refractivity contribution >= 4 is 33.2 Å². The van der Waals surface area contributed by atoms with Crippen LogP contribution in [0.3, 0.4) is 0 Å². The summed E-state index contributed by atoms with van der Waals surface area (Å²) in [5, 5.41) is 5.68. The van der Waals surface area contributed by atoms with Gasteiger partial charge in [0.1, 0.15) is 5.75 Å². The zero-order valence-electron chi connectivity index (χ0n) is 18.1. The van der Waals surface area contributed by atoms with E-state index in [0.29, 0.717) is 30.7 Å². The monoisotopic (exact) mass is 457 g/mol. The molecule has 0 aliphatic carbocycles. The van der Waals surface area contributed by atoms with E-state index >= 15 is 0 Å². The number of para-hydroxylation sites is 1. The summed E-state index contributed by atoms with van der Waals surface area (Å²) >= 11 is 0. The van der Waals surface area contributed by atoms with Gasteiger partial charge in [0.15, 0.2) is 6.10 Å². The molecule has 2 aromatic rings. The molecule has 1 fully saturated rings. The normalized spacial score (nSPS) is 19.6. The summed E-state index contributed by atoms with van der Waals surface area (Å²) in [6.45, 7) is 4.29. The number of piperidine rings is 1. The molecule has 1 saturated heterocycles. The molecular formula is C23H27N3O5S. The summed E-state index contributed by atoms with van der Waals surface area (Å²) in [7, 11) is -3.75. The van der Waals surface area contributed by atoms with Gasteiger partial charge in [-0.25, -0.2) is 8.42 Å². The first-order valence-electron chi connectivity index (χ1n) is 10.8. The molecule has 9 heteroatoms. The smallest absolute Gasteiger partial charge is 0.265 e. The first kappa shape index (κ1) is 22.3. The van der Waals surface area contributed by atoms with Crippen LogP contribution in [0.2, 0.25) is 0 Å². The number of nitrogens with zero attached hydrogens (tertiary/aromatic N) is 1. The number of benzene rings is 2. The molecule has 8 nitrogen and oxygen atoms in total. The van der Waals surface area contributed by atoms with Gasteiger partial charge in [0, 0.05) is 24.7 Å². The van der Waals surface area contributed by atoms with Gasteiger partial charge in [0.2, 0.25) is 15.9 Å². The summed E-state index contributed by atoms with van der Waals surface area (Å²) in [5.74, 6) is -0.157. The highest BCUT2D eigenvalue weighted by Crippen LogP contribution is 2.34. The first-order valence-corrected chi connectivity index (χ1v) is 12.2. The first-order chi connectivity index (χ1) is 15.3. The lowest BCUT2D eigenvalue weighted by Gasteiger charge is -2.31. The summed E-state index contributed by atoms with van der Waals surface area (Å²) in [6, 6.07) is 12.1. The van der Waals surface area contributed by atoms with Crippen LogP contribution < -0.4 is 15.4 Å². The number of carbonyl (C=O) groups is 2. The molecule has 0 saturated carbocycles. The average molecular weight is 458 g/mol. The van der Waals surface area contributed by atoms with Crippen molar-refractivity contribution in [3.8, 4) is 5.75 Å². The Hall–Kier alpha value is -2.91. The summed E-state index contributed by atoms with van der Waals surface area (Å²) in [4.78, 5) is 24.8. The van der Waals surface area contributed by atoms with Crippen molar-refractivity contribution in [2.24, 2.45) is 5.92 Å². The predicted molar refractivity (Wildman–Crippen MR) is 121 cm³/mol. The molecule has 32 heavy (non-hydrogen) atoms. The van der Waals surface area contributed by atoms with Crippen LogP contribution >= 0.6 is 0 Å². The van der Waals surface area contributed by atoms with Crippen molar-refractivity contribution in [3.05, 3.63) is 48.0 Å². The van der Waals surface area contributed by atoms with Crippen molar-refractivity contribution in [3.63, 3.8) is 0 Å². The van der Waals surface area contributed by atoms with Gasteiger partial charge < -0.3 is 15.4 Å². The van der Waals surface area contributed by atoms with Gasteiger partial charge in [-0.2, -0.15) is 4.31 Å². The maximum absolute atomic E-state index is 13.2. The van der Waals surface area contributed by atoms with Crippen LogP contribution in [0.5, 0.6) is 5.75 Å². The third kappa shape index (κ3) is 4.35. The Balaban J connectivity index is 1.42. The van der Waals surface area contributed by atoms with Gasteiger partial charge in [-0.15, -0.1) is 0 Å². The highest BCUT2D eigenvalue weighted by atomic mass is 32.2. The molecule has 0 aromatic heterocycles. The number of anilines is 2. The third-order valence-corrected chi connectivity index (χ3v) is 7.90. The SMILES string of the molecule is CC[C@@H]1Oc2ccc(S(=O)(=O)N3CCC(C(=O)Nc4ccccc4C)CC3)cc2NC1=O. The fourth-order valence-corrected chi connectivity index (χ4v) is 5.51. The number of hydrogen-bond donors (Lipinski definition) is 2. The second-order valence-electron chi connectivity index (χ2n) is 8.14. The number of hydrogen-bond acceptors (Lipinski definition) is 5. The number of carbonyl (C=O) groups excluding carboxylic acids is 2. The van der Waals surface area contributed by atoms with Crippen LogP contribution in [0.25, 0.3) is 0 Å². The average Bonchev–Trinajstić information content (AvgIpc) is 2.79. The van der Waals surface area contributed by atoms with Crippen molar-refractivity contribution in [2.75, 3.05) is 23.7 Å². The Bertz CT molecular complexity index is 1140. The number of amides is 2. The maximum atomic E-state index is 13.2. The molecule has 2 aliphatic heterocycles. The molecule has 0 unspecified atom stereocenters. The largest absolute Gasteiger partial charge is 0.478 e. The van der Waals surface area contributed by atoms with Gasteiger partial charge in [-0.3, -0.25) is 9.59 Å². The van der Waals surface area contributed by atoms with Crippen LogP contribution in [0, 0.1) is 12.8 Å². The molecule has 2 aliphatic rings. The number of nitrogens with one attached hydrogen (secondary N) is 2. The minimum Gasteiger partial charge on any atom is -0.478 e. The Morgan fingerprint density at radius 3 is 2.59 bits per heavy atom.